The summed E-state index contributed by atoms with van der Waals surface area (Å²) in [5.41, 5.74) is 9.19. The van der Waals surface area contributed by atoms with E-state index in [1.54, 1.807) is 0 Å². The SMILES string of the molecule is Cc1cc([C@@H](N)CO)cc(C)c1I. The summed E-state index contributed by atoms with van der Waals surface area (Å²) in [6.45, 7) is 4.12. The van der Waals surface area contributed by atoms with Crippen LogP contribution in [0.1, 0.15) is 22.7 Å². The van der Waals surface area contributed by atoms with Crippen LogP contribution in [-0.4, -0.2) is 11.7 Å². The summed E-state index contributed by atoms with van der Waals surface area (Å²) in [6.07, 6.45) is 0. The van der Waals surface area contributed by atoms with Gasteiger partial charge in [0.15, 0.2) is 0 Å². The molecule has 0 saturated heterocycles. The van der Waals surface area contributed by atoms with Crippen LogP contribution in [0.2, 0.25) is 0 Å². The lowest BCUT2D eigenvalue weighted by atomic mass is 10.0. The monoisotopic (exact) mass is 291 g/mol. The number of rotatable bonds is 2. The predicted octanol–water partition coefficient (Wildman–Crippen LogP) is 1.90. The van der Waals surface area contributed by atoms with E-state index in [1.165, 1.54) is 14.7 Å². The van der Waals surface area contributed by atoms with Crippen molar-refractivity contribution in [3.8, 4) is 0 Å². The maximum Gasteiger partial charge on any atom is 0.0624 e. The van der Waals surface area contributed by atoms with E-state index in [9.17, 15) is 0 Å². The average molecular weight is 291 g/mol. The molecule has 3 N–H and O–H groups in total. The number of nitrogens with two attached hydrogens (primary N) is 1. The Balaban J connectivity index is 3.13. The van der Waals surface area contributed by atoms with Crippen LogP contribution in [0.5, 0.6) is 0 Å². The number of aliphatic hydroxyl groups is 1. The van der Waals surface area contributed by atoms with E-state index >= 15 is 0 Å². The molecule has 1 aromatic carbocycles. The molecule has 0 spiro atoms. The molecule has 0 aliphatic heterocycles. The van der Waals surface area contributed by atoms with Gasteiger partial charge in [-0.25, -0.2) is 0 Å². The first-order chi connectivity index (χ1) is 6.06. The van der Waals surface area contributed by atoms with Crippen LogP contribution in [0.25, 0.3) is 0 Å². The van der Waals surface area contributed by atoms with Gasteiger partial charge in [-0.05, 0) is 53.1 Å². The van der Waals surface area contributed by atoms with E-state index in [0.717, 1.165) is 5.56 Å². The van der Waals surface area contributed by atoms with E-state index in [4.69, 9.17) is 10.8 Å². The molecule has 1 atom stereocenters. The first-order valence-corrected chi connectivity index (χ1v) is 5.27. The molecule has 72 valence electrons. The lowest BCUT2D eigenvalue weighted by molar-refractivity contribution is 0.268. The third kappa shape index (κ3) is 2.42. The van der Waals surface area contributed by atoms with Crippen molar-refractivity contribution in [2.45, 2.75) is 19.9 Å². The summed E-state index contributed by atoms with van der Waals surface area (Å²) in [4.78, 5) is 0. The van der Waals surface area contributed by atoms with E-state index in [2.05, 4.69) is 36.4 Å². The average Bonchev–Trinajstić information content (AvgIpc) is 2.12. The fourth-order valence-corrected chi connectivity index (χ4v) is 1.61. The van der Waals surface area contributed by atoms with E-state index < -0.39 is 0 Å². The second-order valence-electron chi connectivity index (χ2n) is 3.26. The molecule has 0 aromatic heterocycles. The number of hydrogen-bond donors (Lipinski definition) is 2. The number of aryl methyl sites for hydroxylation is 2. The van der Waals surface area contributed by atoms with Gasteiger partial charge < -0.3 is 10.8 Å². The summed E-state index contributed by atoms with van der Waals surface area (Å²) in [7, 11) is 0. The second-order valence-corrected chi connectivity index (χ2v) is 4.34. The molecule has 0 radical (unpaired) electrons. The Labute approximate surface area is 92.3 Å². The minimum atomic E-state index is -0.255. The standard InChI is InChI=1S/C10H14INO/c1-6-3-8(9(12)5-13)4-7(2)10(6)11/h3-4,9,13H,5,12H2,1-2H3/t9-/m0/s1. The predicted molar refractivity (Wildman–Crippen MR) is 62.6 cm³/mol. The van der Waals surface area contributed by atoms with E-state index in [0.29, 0.717) is 0 Å². The summed E-state index contributed by atoms with van der Waals surface area (Å²) >= 11 is 2.32. The zero-order valence-electron chi connectivity index (χ0n) is 7.84. The maximum absolute atomic E-state index is 8.91. The Morgan fingerprint density at radius 3 is 2.23 bits per heavy atom. The zero-order valence-corrected chi connectivity index (χ0v) is 10.00. The molecule has 13 heavy (non-hydrogen) atoms. The topological polar surface area (TPSA) is 46.2 Å². The number of benzene rings is 1. The summed E-state index contributed by atoms with van der Waals surface area (Å²) < 4.78 is 1.27. The molecule has 0 amide bonds. The highest BCUT2D eigenvalue weighted by atomic mass is 127. The Bertz CT molecular complexity index is 289. The Morgan fingerprint density at radius 2 is 1.85 bits per heavy atom. The molecule has 1 rings (SSSR count). The van der Waals surface area contributed by atoms with Gasteiger partial charge in [0.1, 0.15) is 0 Å². The van der Waals surface area contributed by atoms with Crippen molar-refractivity contribution in [3.63, 3.8) is 0 Å². The van der Waals surface area contributed by atoms with Gasteiger partial charge in [-0.1, -0.05) is 12.1 Å². The lowest BCUT2D eigenvalue weighted by Gasteiger charge is -2.12. The molecule has 0 aliphatic rings. The van der Waals surface area contributed by atoms with Gasteiger partial charge >= 0.3 is 0 Å². The first kappa shape index (κ1) is 10.9. The molecule has 1 aromatic rings. The van der Waals surface area contributed by atoms with Gasteiger partial charge in [-0.15, -0.1) is 0 Å². The molecule has 2 nitrogen and oxygen atoms in total. The highest BCUT2D eigenvalue weighted by molar-refractivity contribution is 14.1. The first-order valence-electron chi connectivity index (χ1n) is 4.19. The molecule has 0 bridgehead atoms. The van der Waals surface area contributed by atoms with Crippen LogP contribution in [0, 0.1) is 17.4 Å². The van der Waals surface area contributed by atoms with Gasteiger partial charge in [0, 0.05) is 3.57 Å². The highest BCUT2D eigenvalue weighted by Gasteiger charge is 2.07. The van der Waals surface area contributed by atoms with E-state index in [-0.39, 0.29) is 12.6 Å². The van der Waals surface area contributed by atoms with Crippen LogP contribution in [-0.2, 0) is 0 Å². The Kier molecular flexibility index (Phi) is 3.70. The van der Waals surface area contributed by atoms with Crippen molar-refractivity contribution >= 4 is 22.6 Å². The van der Waals surface area contributed by atoms with Crippen LogP contribution in [0.4, 0.5) is 0 Å². The van der Waals surface area contributed by atoms with Gasteiger partial charge in [0.05, 0.1) is 12.6 Å². The van der Waals surface area contributed by atoms with Crippen molar-refractivity contribution < 1.29 is 5.11 Å². The minimum absolute atomic E-state index is 0.000523. The Morgan fingerprint density at radius 1 is 1.38 bits per heavy atom. The fraction of sp³-hybridized carbons (Fsp3) is 0.400. The van der Waals surface area contributed by atoms with Crippen LogP contribution >= 0.6 is 22.6 Å². The second kappa shape index (κ2) is 4.39. The molecule has 0 saturated carbocycles. The van der Waals surface area contributed by atoms with Crippen molar-refractivity contribution in [3.05, 3.63) is 32.4 Å². The number of halogens is 1. The summed E-state index contributed by atoms with van der Waals surface area (Å²) in [5, 5.41) is 8.91. The third-order valence-corrected chi connectivity index (χ3v) is 3.79. The molecule has 0 heterocycles. The smallest absolute Gasteiger partial charge is 0.0624 e. The fourth-order valence-electron chi connectivity index (χ4n) is 1.30. The molecular formula is C10H14INO. The van der Waals surface area contributed by atoms with Gasteiger partial charge in [-0.2, -0.15) is 0 Å². The highest BCUT2D eigenvalue weighted by Crippen LogP contribution is 2.21. The Hall–Kier alpha value is -0.130. The number of hydrogen-bond acceptors (Lipinski definition) is 2. The maximum atomic E-state index is 8.91. The van der Waals surface area contributed by atoms with Crippen molar-refractivity contribution in [1.29, 1.82) is 0 Å². The molecular weight excluding hydrogens is 277 g/mol. The zero-order chi connectivity index (χ0) is 10.0. The molecule has 0 fully saturated rings. The van der Waals surface area contributed by atoms with E-state index in [1.807, 2.05) is 12.1 Å². The third-order valence-electron chi connectivity index (χ3n) is 2.08. The largest absolute Gasteiger partial charge is 0.394 e. The molecule has 3 heteroatoms. The van der Waals surface area contributed by atoms with Crippen LogP contribution in [0.15, 0.2) is 12.1 Å². The van der Waals surface area contributed by atoms with Crippen molar-refractivity contribution in [2.75, 3.05) is 6.61 Å². The van der Waals surface area contributed by atoms with Crippen LogP contribution < -0.4 is 5.73 Å². The normalized spacial score (nSPS) is 13.0. The number of aliphatic hydroxyl groups excluding tert-OH is 1. The van der Waals surface area contributed by atoms with Crippen LogP contribution in [0.3, 0.4) is 0 Å². The quantitative estimate of drug-likeness (QED) is 0.818. The van der Waals surface area contributed by atoms with Crippen molar-refractivity contribution in [2.24, 2.45) is 5.73 Å². The summed E-state index contributed by atoms with van der Waals surface area (Å²) in [6, 6.07) is 3.82. The van der Waals surface area contributed by atoms with Gasteiger partial charge in [0.2, 0.25) is 0 Å². The summed E-state index contributed by atoms with van der Waals surface area (Å²) in [5.74, 6) is 0. The molecule has 0 unspecified atom stereocenters. The minimum Gasteiger partial charge on any atom is -0.394 e. The molecule has 0 aliphatic carbocycles. The van der Waals surface area contributed by atoms with Gasteiger partial charge in [0.25, 0.3) is 0 Å². The van der Waals surface area contributed by atoms with Crippen molar-refractivity contribution in [1.82, 2.24) is 0 Å². The van der Waals surface area contributed by atoms with Gasteiger partial charge in [-0.3, -0.25) is 0 Å². The lowest BCUT2D eigenvalue weighted by Crippen LogP contribution is -2.15.